The van der Waals surface area contributed by atoms with Crippen LogP contribution in [0.25, 0.3) is 11.3 Å². The number of methoxy groups -OCH3 is 1. The fourth-order valence-corrected chi connectivity index (χ4v) is 2.48. The maximum atomic E-state index is 5.40. The molecule has 1 aliphatic heterocycles. The van der Waals surface area contributed by atoms with Crippen LogP contribution in [0.2, 0.25) is 0 Å². The molecule has 5 heteroatoms. The number of benzene rings is 1. The highest BCUT2D eigenvalue weighted by atomic mass is 16.5. The smallest absolute Gasteiger partial charge is 0.233 e. The minimum atomic E-state index is 0.532. The van der Waals surface area contributed by atoms with Gasteiger partial charge in [-0.1, -0.05) is 24.3 Å². The van der Waals surface area contributed by atoms with Crippen molar-refractivity contribution in [3.05, 3.63) is 42.0 Å². The van der Waals surface area contributed by atoms with Crippen molar-refractivity contribution in [1.82, 2.24) is 15.1 Å². The van der Waals surface area contributed by atoms with Gasteiger partial charge in [0.05, 0.1) is 26.0 Å². The van der Waals surface area contributed by atoms with Gasteiger partial charge in [0.1, 0.15) is 0 Å². The molecule has 1 aromatic heterocycles. The number of hydrogen-bond donors (Lipinski definition) is 0. The van der Waals surface area contributed by atoms with Gasteiger partial charge < -0.3 is 9.47 Å². The Kier molecular flexibility index (Phi) is 4.43. The van der Waals surface area contributed by atoms with Crippen molar-refractivity contribution in [2.45, 2.75) is 6.54 Å². The fourth-order valence-electron chi connectivity index (χ4n) is 2.48. The lowest BCUT2D eigenvalue weighted by atomic mass is 10.0. The third-order valence-electron chi connectivity index (χ3n) is 3.64. The zero-order chi connectivity index (χ0) is 14.5. The van der Waals surface area contributed by atoms with E-state index in [2.05, 4.69) is 33.3 Å². The molecule has 0 N–H and O–H groups in total. The Bertz CT molecular complexity index is 580. The average Bonchev–Trinajstić information content (AvgIpc) is 2.56. The van der Waals surface area contributed by atoms with E-state index in [0.29, 0.717) is 5.88 Å². The van der Waals surface area contributed by atoms with E-state index in [-0.39, 0.29) is 0 Å². The predicted molar refractivity (Wildman–Crippen MR) is 80.1 cm³/mol. The normalized spacial score (nSPS) is 15.9. The van der Waals surface area contributed by atoms with Gasteiger partial charge in [0.15, 0.2) is 0 Å². The molecule has 5 nitrogen and oxygen atoms in total. The molecule has 1 aliphatic rings. The van der Waals surface area contributed by atoms with E-state index in [0.717, 1.165) is 44.1 Å². The molecule has 0 radical (unpaired) electrons. The lowest BCUT2D eigenvalue weighted by molar-refractivity contribution is 0.0342. The van der Waals surface area contributed by atoms with Gasteiger partial charge >= 0.3 is 0 Å². The molecule has 0 saturated carbocycles. The Morgan fingerprint density at radius 1 is 1.10 bits per heavy atom. The van der Waals surface area contributed by atoms with Gasteiger partial charge in [-0.25, -0.2) is 0 Å². The fraction of sp³-hybridized carbons (Fsp3) is 0.375. The molecule has 3 rings (SSSR count). The molecule has 2 heterocycles. The van der Waals surface area contributed by atoms with Crippen molar-refractivity contribution < 1.29 is 9.47 Å². The molecule has 1 saturated heterocycles. The van der Waals surface area contributed by atoms with Crippen molar-refractivity contribution in [2.75, 3.05) is 33.4 Å². The van der Waals surface area contributed by atoms with Crippen molar-refractivity contribution in [3.8, 4) is 17.1 Å². The highest BCUT2D eigenvalue weighted by molar-refractivity contribution is 5.63. The molecule has 0 bridgehead atoms. The summed E-state index contributed by atoms with van der Waals surface area (Å²) < 4.78 is 10.5. The van der Waals surface area contributed by atoms with Crippen LogP contribution in [0.15, 0.2) is 36.4 Å². The van der Waals surface area contributed by atoms with Crippen LogP contribution < -0.4 is 4.74 Å². The Morgan fingerprint density at radius 3 is 2.62 bits per heavy atom. The summed E-state index contributed by atoms with van der Waals surface area (Å²) in [7, 11) is 1.59. The molecule has 0 aliphatic carbocycles. The number of aromatic nitrogens is 2. The van der Waals surface area contributed by atoms with Gasteiger partial charge in [0.2, 0.25) is 5.88 Å². The third kappa shape index (κ3) is 3.37. The van der Waals surface area contributed by atoms with Gasteiger partial charge in [-0.15, -0.1) is 10.2 Å². The van der Waals surface area contributed by atoms with E-state index in [4.69, 9.17) is 9.47 Å². The summed E-state index contributed by atoms with van der Waals surface area (Å²) in [5.41, 5.74) is 3.26. The van der Waals surface area contributed by atoms with Gasteiger partial charge in [0, 0.05) is 31.3 Å². The molecule has 0 amide bonds. The topological polar surface area (TPSA) is 47.5 Å². The highest BCUT2D eigenvalue weighted by Crippen LogP contribution is 2.23. The standard InChI is InChI=1S/C16H19N3O2/c1-20-16-7-6-15(17-18-16)14-5-3-2-4-13(14)12-19-8-10-21-11-9-19/h2-7H,8-12H2,1H3. The van der Waals surface area contributed by atoms with Crippen LogP contribution in [-0.4, -0.2) is 48.5 Å². The van der Waals surface area contributed by atoms with Crippen molar-refractivity contribution in [1.29, 1.82) is 0 Å². The molecular formula is C16H19N3O2. The van der Waals surface area contributed by atoms with Crippen LogP contribution in [0.5, 0.6) is 5.88 Å². The number of rotatable bonds is 4. The van der Waals surface area contributed by atoms with Crippen LogP contribution in [0.1, 0.15) is 5.56 Å². The second kappa shape index (κ2) is 6.65. The Morgan fingerprint density at radius 2 is 1.90 bits per heavy atom. The third-order valence-corrected chi connectivity index (χ3v) is 3.64. The second-order valence-electron chi connectivity index (χ2n) is 5.01. The SMILES string of the molecule is COc1ccc(-c2ccccc2CN2CCOCC2)nn1. The van der Waals surface area contributed by atoms with E-state index >= 15 is 0 Å². The quantitative estimate of drug-likeness (QED) is 0.859. The molecule has 110 valence electrons. The molecule has 2 aromatic rings. The first kappa shape index (κ1) is 14.0. The largest absolute Gasteiger partial charge is 0.480 e. The maximum Gasteiger partial charge on any atom is 0.233 e. The first-order valence-electron chi connectivity index (χ1n) is 7.13. The maximum absolute atomic E-state index is 5.40. The van der Waals surface area contributed by atoms with Gasteiger partial charge in [-0.2, -0.15) is 0 Å². The van der Waals surface area contributed by atoms with Crippen LogP contribution >= 0.6 is 0 Å². The van der Waals surface area contributed by atoms with E-state index in [9.17, 15) is 0 Å². The molecule has 1 fully saturated rings. The number of ether oxygens (including phenoxy) is 2. The van der Waals surface area contributed by atoms with Gasteiger partial charge in [-0.05, 0) is 11.6 Å². The van der Waals surface area contributed by atoms with E-state index < -0.39 is 0 Å². The first-order chi connectivity index (χ1) is 10.4. The summed E-state index contributed by atoms with van der Waals surface area (Å²) in [4.78, 5) is 2.40. The summed E-state index contributed by atoms with van der Waals surface area (Å²) in [5, 5.41) is 8.31. The van der Waals surface area contributed by atoms with Crippen molar-refractivity contribution in [3.63, 3.8) is 0 Å². The summed E-state index contributed by atoms with van der Waals surface area (Å²) in [6, 6.07) is 12.1. The van der Waals surface area contributed by atoms with Crippen LogP contribution in [0.4, 0.5) is 0 Å². The zero-order valence-electron chi connectivity index (χ0n) is 12.2. The van der Waals surface area contributed by atoms with E-state index in [1.807, 2.05) is 18.2 Å². The van der Waals surface area contributed by atoms with Gasteiger partial charge in [-0.3, -0.25) is 4.90 Å². The highest BCUT2D eigenvalue weighted by Gasteiger charge is 2.14. The minimum absolute atomic E-state index is 0.532. The Hall–Kier alpha value is -1.98. The summed E-state index contributed by atoms with van der Waals surface area (Å²) in [6.07, 6.45) is 0. The average molecular weight is 285 g/mol. The number of morpholine rings is 1. The van der Waals surface area contributed by atoms with Crippen molar-refractivity contribution in [2.24, 2.45) is 0 Å². The first-order valence-corrected chi connectivity index (χ1v) is 7.13. The minimum Gasteiger partial charge on any atom is -0.480 e. The zero-order valence-corrected chi connectivity index (χ0v) is 12.2. The van der Waals surface area contributed by atoms with Crippen LogP contribution in [0.3, 0.4) is 0 Å². The molecular weight excluding hydrogens is 266 g/mol. The monoisotopic (exact) mass is 285 g/mol. The Labute approximate surface area is 124 Å². The summed E-state index contributed by atoms with van der Waals surface area (Å²) in [6.45, 7) is 4.48. The lowest BCUT2D eigenvalue weighted by Gasteiger charge is -2.27. The second-order valence-corrected chi connectivity index (χ2v) is 5.01. The summed E-state index contributed by atoms with van der Waals surface area (Å²) >= 11 is 0. The summed E-state index contributed by atoms with van der Waals surface area (Å²) in [5.74, 6) is 0.532. The predicted octanol–water partition coefficient (Wildman–Crippen LogP) is 1.98. The van der Waals surface area contributed by atoms with Crippen molar-refractivity contribution >= 4 is 0 Å². The van der Waals surface area contributed by atoms with Crippen LogP contribution in [0, 0.1) is 0 Å². The molecule has 0 spiro atoms. The molecule has 0 unspecified atom stereocenters. The van der Waals surface area contributed by atoms with Gasteiger partial charge in [0.25, 0.3) is 0 Å². The van der Waals surface area contributed by atoms with E-state index in [1.165, 1.54) is 5.56 Å². The molecule has 21 heavy (non-hydrogen) atoms. The molecule has 0 atom stereocenters. The van der Waals surface area contributed by atoms with Crippen LogP contribution in [-0.2, 0) is 11.3 Å². The number of hydrogen-bond acceptors (Lipinski definition) is 5. The van der Waals surface area contributed by atoms with E-state index in [1.54, 1.807) is 7.11 Å². The molecule has 1 aromatic carbocycles. The Balaban J connectivity index is 1.83. The number of nitrogens with zero attached hydrogens (tertiary/aromatic N) is 3. The lowest BCUT2D eigenvalue weighted by Crippen LogP contribution is -2.35.